The second-order valence-corrected chi connectivity index (χ2v) is 12.2. The highest BCUT2D eigenvalue weighted by Crippen LogP contribution is 2.27. The van der Waals surface area contributed by atoms with Crippen LogP contribution in [-0.4, -0.2) is 59.3 Å². The van der Waals surface area contributed by atoms with E-state index in [4.69, 9.17) is 4.74 Å². The quantitative estimate of drug-likeness (QED) is 0.536. The molecular weight excluding hydrogens is 472 g/mol. The van der Waals surface area contributed by atoms with Crippen molar-refractivity contribution in [1.29, 1.82) is 0 Å². The van der Waals surface area contributed by atoms with Crippen LogP contribution in [0.3, 0.4) is 0 Å². The maximum Gasteiger partial charge on any atom is 0.407 e. The van der Waals surface area contributed by atoms with Crippen molar-refractivity contribution in [2.24, 2.45) is 5.92 Å². The summed E-state index contributed by atoms with van der Waals surface area (Å²) in [6.45, 7) is 9.19. The van der Waals surface area contributed by atoms with E-state index in [1.165, 1.54) is 12.3 Å². The fourth-order valence-electron chi connectivity index (χ4n) is 3.88. The summed E-state index contributed by atoms with van der Waals surface area (Å²) < 4.78 is 29.4. The van der Waals surface area contributed by atoms with Crippen LogP contribution >= 0.6 is 0 Å². The molecule has 0 unspecified atom stereocenters. The Hall–Kier alpha value is -3.02. The summed E-state index contributed by atoms with van der Waals surface area (Å²) in [5.41, 5.74) is -0.187. The lowest BCUT2D eigenvalue weighted by molar-refractivity contribution is -0.121. The fourth-order valence-corrected chi connectivity index (χ4v) is 4.48. The minimum absolute atomic E-state index is 0.0230. The number of nitrogens with zero attached hydrogens (tertiary/aromatic N) is 3. The third-order valence-electron chi connectivity index (χ3n) is 5.35. The summed E-state index contributed by atoms with van der Waals surface area (Å²) in [4.78, 5) is 38.0. The number of ether oxygens (including phenoxy) is 1. The lowest BCUT2D eigenvalue weighted by Crippen LogP contribution is -2.43. The van der Waals surface area contributed by atoms with Crippen LogP contribution in [0.15, 0.2) is 17.3 Å². The van der Waals surface area contributed by atoms with E-state index in [1.54, 1.807) is 20.8 Å². The van der Waals surface area contributed by atoms with E-state index < -0.39 is 21.5 Å². The molecule has 0 bridgehead atoms. The summed E-state index contributed by atoms with van der Waals surface area (Å²) in [5.74, 6) is -0.151. The predicted molar refractivity (Wildman–Crippen MR) is 133 cm³/mol. The van der Waals surface area contributed by atoms with Crippen molar-refractivity contribution in [3.8, 4) is 0 Å². The van der Waals surface area contributed by atoms with E-state index in [0.29, 0.717) is 29.6 Å². The SMILES string of the molecule is CC(C)Nc1nc(S(C)(=O)=O)cc2cnc(NC(=O)[C@H]3CCC[C@@H](NC(=O)OC(C)(C)C)C3)nc12. The zero-order chi connectivity index (χ0) is 26.0. The van der Waals surface area contributed by atoms with Gasteiger partial charge in [0.05, 0.1) is 0 Å². The first-order chi connectivity index (χ1) is 16.2. The molecule has 2 aromatic rings. The molecule has 35 heavy (non-hydrogen) atoms. The van der Waals surface area contributed by atoms with E-state index in [0.717, 1.165) is 19.1 Å². The highest BCUT2D eigenvalue weighted by atomic mass is 32.2. The van der Waals surface area contributed by atoms with Gasteiger partial charge in [-0.15, -0.1) is 0 Å². The average Bonchev–Trinajstić information content (AvgIpc) is 2.71. The Kier molecular flexibility index (Phi) is 7.83. The minimum Gasteiger partial charge on any atom is -0.444 e. The maximum absolute atomic E-state index is 13.0. The zero-order valence-electron chi connectivity index (χ0n) is 21.0. The number of carbonyl (C=O) groups is 2. The number of anilines is 2. The van der Waals surface area contributed by atoms with Gasteiger partial charge in [0.15, 0.2) is 20.7 Å². The summed E-state index contributed by atoms with van der Waals surface area (Å²) in [5, 5.41) is 9.13. The number of hydrogen-bond acceptors (Lipinski definition) is 9. The van der Waals surface area contributed by atoms with E-state index in [-0.39, 0.29) is 34.9 Å². The highest BCUT2D eigenvalue weighted by Gasteiger charge is 2.30. The topological polar surface area (TPSA) is 152 Å². The molecule has 2 heterocycles. The lowest BCUT2D eigenvalue weighted by Gasteiger charge is -2.29. The number of fused-ring (bicyclic) bond motifs is 1. The van der Waals surface area contributed by atoms with Crippen LogP contribution in [-0.2, 0) is 19.4 Å². The van der Waals surface area contributed by atoms with Gasteiger partial charge in [0, 0.05) is 35.8 Å². The van der Waals surface area contributed by atoms with Gasteiger partial charge in [0.2, 0.25) is 11.9 Å². The van der Waals surface area contributed by atoms with Gasteiger partial charge in [-0.05, 0) is 59.9 Å². The van der Waals surface area contributed by atoms with Crippen molar-refractivity contribution in [2.45, 2.75) is 83.0 Å². The Balaban J connectivity index is 1.76. The molecule has 2 aromatic heterocycles. The number of rotatable bonds is 6. The van der Waals surface area contributed by atoms with E-state index in [9.17, 15) is 18.0 Å². The largest absolute Gasteiger partial charge is 0.444 e. The van der Waals surface area contributed by atoms with Gasteiger partial charge in [-0.1, -0.05) is 6.42 Å². The predicted octanol–water partition coefficient (Wildman–Crippen LogP) is 3.27. The monoisotopic (exact) mass is 506 g/mol. The first kappa shape index (κ1) is 26.6. The van der Waals surface area contributed by atoms with Crippen LogP contribution in [0.1, 0.15) is 60.3 Å². The number of amides is 2. The van der Waals surface area contributed by atoms with Crippen molar-refractivity contribution < 1.29 is 22.7 Å². The van der Waals surface area contributed by atoms with Gasteiger partial charge in [-0.2, -0.15) is 0 Å². The number of sulfone groups is 1. The van der Waals surface area contributed by atoms with Gasteiger partial charge >= 0.3 is 6.09 Å². The Morgan fingerprint density at radius 1 is 1.17 bits per heavy atom. The van der Waals surface area contributed by atoms with Crippen molar-refractivity contribution in [3.63, 3.8) is 0 Å². The van der Waals surface area contributed by atoms with Crippen molar-refractivity contribution in [1.82, 2.24) is 20.3 Å². The molecule has 3 rings (SSSR count). The summed E-state index contributed by atoms with van der Waals surface area (Å²) in [7, 11) is -3.54. The second kappa shape index (κ2) is 10.3. The molecule has 3 N–H and O–H groups in total. The molecule has 1 aliphatic carbocycles. The van der Waals surface area contributed by atoms with Gasteiger partial charge in [0.25, 0.3) is 0 Å². The summed E-state index contributed by atoms with van der Waals surface area (Å²) in [6, 6.07) is 1.23. The standard InChI is InChI=1S/C23H34N6O5S/c1-13(2)25-19-18-15(11-17(27-19)35(6,32)33)12-24-21(28-18)29-20(30)14-8-7-9-16(10-14)26-22(31)34-23(3,4)5/h11-14,16H,7-10H2,1-6H3,(H,25,27)(H,26,31)(H,24,28,29,30)/t14-,16+/m0/s1. The molecule has 0 aliphatic heterocycles. The molecule has 1 saturated carbocycles. The van der Waals surface area contributed by atoms with Crippen molar-refractivity contribution >= 4 is 44.5 Å². The van der Waals surface area contributed by atoms with Crippen LogP contribution in [0.4, 0.5) is 16.6 Å². The molecule has 0 aromatic carbocycles. The third kappa shape index (κ3) is 7.48. The molecule has 11 nitrogen and oxygen atoms in total. The van der Waals surface area contributed by atoms with Crippen LogP contribution in [0.5, 0.6) is 0 Å². The molecular formula is C23H34N6O5S. The molecule has 1 fully saturated rings. The zero-order valence-corrected chi connectivity index (χ0v) is 21.8. The average molecular weight is 507 g/mol. The molecule has 192 valence electrons. The van der Waals surface area contributed by atoms with E-state index in [1.807, 2.05) is 13.8 Å². The minimum atomic E-state index is -3.54. The molecule has 2 amide bonds. The Labute approximate surface area is 205 Å². The molecule has 12 heteroatoms. The van der Waals surface area contributed by atoms with Crippen LogP contribution in [0, 0.1) is 5.92 Å². The van der Waals surface area contributed by atoms with Crippen LogP contribution in [0.2, 0.25) is 0 Å². The third-order valence-corrected chi connectivity index (χ3v) is 6.32. The van der Waals surface area contributed by atoms with Crippen molar-refractivity contribution in [2.75, 3.05) is 16.9 Å². The Bertz CT molecular complexity index is 1210. The molecule has 0 saturated heterocycles. The summed E-state index contributed by atoms with van der Waals surface area (Å²) >= 11 is 0. The number of carbonyl (C=O) groups excluding carboxylic acids is 2. The summed E-state index contributed by atoms with van der Waals surface area (Å²) in [6.07, 6.45) is 4.79. The Morgan fingerprint density at radius 3 is 2.51 bits per heavy atom. The second-order valence-electron chi connectivity index (χ2n) is 10.2. The smallest absolute Gasteiger partial charge is 0.407 e. The number of alkyl carbamates (subject to hydrolysis) is 1. The van der Waals surface area contributed by atoms with Crippen molar-refractivity contribution in [3.05, 3.63) is 12.3 Å². The molecule has 2 atom stereocenters. The number of pyridine rings is 1. The van der Waals surface area contributed by atoms with Gasteiger partial charge in [-0.25, -0.2) is 28.2 Å². The number of hydrogen-bond donors (Lipinski definition) is 3. The van der Waals surface area contributed by atoms with Gasteiger partial charge in [0.1, 0.15) is 11.1 Å². The normalized spacial score (nSPS) is 18.8. The van der Waals surface area contributed by atoms with Crippen LogP contribution < -0.4 is 16.0 Å². The lowest BCUT2D eigenvalue weighted by atomic mass is 9.85. The maximum atomic E-state index is 13.0. The molecule has 0 radical (unpaired) electrons. The number of nitrogens with one attached hydrogen (secondary N) is 3. The molecule has 0 spiro atoms. The molecule has 1 aliphatic rings. The van der Waals surface area contributed by atoms with Crippen LogP contribution in [0.25, 0.3) is 10.9 Å². The fraction of sp³-hybridized carbons (Fsp3) is 0.609. The first-order valence-electron chi connectivity index (χ1n) is 11.7. The van der Waals surface area contributed by atoms with Gasteiger partial charge in [-0.3, -0.25) is 10.1 Å². The van der Waals surface area contributed by atoms with Gasteiger partial charge < -0.3 is 15.4 Å². The number of aromatic nitrogens is 3. The van der Waals surface area contributed by atoms with E-state index in [2.05, 4.69) is 30.9 Å². The van der Waals surface area contributed by atoms with E-state index >= 15 is 0 Å². The first-order valence-corrected chi connectivity index (χ1v) is 13.5. The highest BCUT2D eigenvalue weighted by molar-refractivity contribution is 7.90. The Morgan fingerprint density at radius 2 is 1.89 bits per heavy atom.